The van der Waals surface area contributed by atoms with Crippen molar-refractivity contribution in [3.05, 3.63) is 16.5 Å². The van der Waals surface area contributed by atoms with Gasteiger partial charge in [-0.1, -0.05) is 0 Å². The average molecular weight is 336 g/mol. The van der Waals surface area contributed by atoms with Crippen LogP contribution >= 0.6 is 15.9 Å². The molecule has 0 aliphatic carbocycles. The summed E-state index contributed by atoms with van der Waals surface area (Å²) in [6.45, 7) is 1.60. The Morgan fingerprint density at radius 1 is 1.72 bits per heavy atom. The van der Waals surface area contributed by atoms with Crippen molar-refractivity contribution in [2.75, 3.05) is 0 Å². The maximum absolute atomic E-state index is 11.9. The summed E-state index contributed by atoms with van der Waals surface area (Å²) in [6.07, 6.45) is 5.29. The fraction of sp³-hybridized carbons (Fsp3) is 0.300. The second kappa shape index (κ2) is 5.56. The van der Waals surface area contributed by atoms with Gasteiger partial charge in [0.2, 0.25) is 15.8 Å². The molecular weight excluding hydrogens is 326 g/mol. The molecule has 0 bridgehead atoms. The molecule has 0 fully saturated rings. The molecule has 0 aromatic carbocycles. The topological polar surface area (TPSA) is 96.6 Å². The Bertz CT molecular complexity index is 598. The first-order chi connectivity index (χ1) is 8.27. The summed E-state index contributed by atoms with van der Waals surface area (Å²) in [5.41, 5.74) is 0. The van der Waals surface area contributed by atoms with Gasteiger partial charge in [-0.05, 0) is 22.9 Å². The number of hydrogen-bond donors (Lipinski definition) is 2. The number of terminal acetylenes is 1. The van der Waals surface area contributed by atoms with E-state index < -0.39 is 27.8 Å². The third-order valence-electron chi connectivity index (χ3n) is 1.94. The lowest BCUT2D eigenvalue weighted by Gasteiger charge is -2.10. The summed E-state index contributed by atoms with van der Waals surface area (Å²) in [5.74, 6) is 0.505. The molecule has 6 nitrogen and oxygen atoms in total. The monoisotopic (exact) mass is 335 g/mol. The molecule has 1 unspecified atom stereocenters. The van der Waals surface area contributed by atoms with Gasteiger partial charge in [0, 0.05) is 18.5 Å². The average Bonchev–Trinajstić information content (AvgIpc) is 2.60. The second-order valence-corrected chi connectivity index (χ2v) is 5.89. The van der Waals surface area contributed by atoms with Crippen LogP contribution in [0.25, 0.3) is 0 Å². The van der Waals surface area contributed by atoms with E-state index in [1.807, 2.05) is 0 Å². The molecule has 1 atom stereocenters. The van der Waals surface area contributed by atoms with Gasteiger partial charge in [-0.15, -0.1) is 12.3 Å². The first-order valence-corrected chi connectivity index (χ1v) is 7.04. The molecule has 98 valence electrons. The minimum Gasteiger partial charge on any atom is -0.475 e. The summed E-state index contributed by atoms with van der Waals surface area (Å²) in [5, 5.41) is 8.70. The maximum atomic E-state index is 11.9. The smallest absolute Gasteiger partial charge is 0.371 e. The summed E-state index contributed by atoms with van der Waals surface area (Å²) >= 11 is 2.86. The highest BCUT2D eigenvalue weighted by Gasteiger charge is 2.25. The molecule has 2 N–H and O–H groups in total. The van der Waals surface area contributed by atoms with Gasteiger partial charge in [0.05, 0.1) is 0 Å². The molecule has 0 saturated heterocycles. The Labute approximate surface area is 113 Å². The number of hydrogen-bond acceptors (Lipinski definition) is 4. The molecule has 0 amide bonds. The van der Waals surface area contributed by atoms with Gasteiger partial charge in [0.1, 0.15) is 4.90 Å². The van der Waals surface area contributed by atoms with Crippen molar-refractivity contribution >= 4 is 31.9 Å². The number of furan rings is 1. The summed E-state index contributed by atoms with van der Waals surface area (Å²) in [4.78, 5) is 10.4. The van der Waals surface area contributed by atoms with E-state index in [1.54, 1.807) is 6.92 Å². The maximum Gasteiger partial charge on any atom is 0.371 e. The van der Waals surface area contributed by atoms with Crippen molar-refractivity contribution in [2.24, 2.45) is 0 Å². The van der Waals surface area contributed by atoms with E-state index >= 15 is 0 Å². The largest absolute Gasteiger partial charge is 0.475 e. The molecule has 18 heavy (non-hydrogen) atoms. The Morgan fingerprint density at radius 3 is 2.78 bits per heavy atom. The van der Waals surface area contributed by atoms with E-state index in [0.29, 0.717) is 0 Å². The van der Waals surface area contributed by atoms with Crippen LogP contribution in [0, 0.1) is 12.3 Å². The minimum absolute atomic E-state index is 0.166. The summed E-state index contributed by atoms with van der Waals surface area (Å²) in [6, 6.07) is 0.465. The van der Waals surface area contributed by atoms with Crippen LogP contribution in [0.3, 0.4) is 0 Å². The lowest BCUT2D eigenvalue weighted by molar-refractivity contribution is 0.0661. The van der Waals surface area contributed by atoms with Crippen molar-refractivity contribution in [3.63, 3.8) is 0 Å². The Morgan fingerprint density at radius 2 is 2.33 bits per heavy atom. The van der Waals surface area contributed by atoms with E-state index in [4.69, 9.17) is 15.9 Å². The summed E-state index contributed by atoms with van der Waals surface area (Å²) in [7, 11) is -3.87. The Hall–Kier alpha value is -1.30. The van der Waals surface area contributed by atoms with Gasteiger partial charge in [-0.25, -0.2) is 17.9 Å². The first kappa shape index (κ1) is 14.8. The molecule has 0 aliphatic rings. The number of sulfonamides is 1. The molecule has 0 radical (unpaired) electrons. The van der Waals surface area contributed by atoms with E-state index in [-0.39, 0.29) is 16.0 Å². The van der Waals surface area contributed by atoms with Crippen LogP contribution in [-0.2, 0) is 10.0 Å². The highest BCUT2D eigenvalue weighted by atomic mass is 79.9. The molecule has 8 heteroatoms. The zero-order valence-electron chi connectivity index (χ0n) is 9.31. The van der Waals surface area contributed by atoms with Crippen LogP contribution in [0.1, 0.15) is 23.9 Å². The Balaban J connectivity index is 3.06. The molecule has 1 heterocycles. The minimum atomic E-state index is -3.87. The highest BCUT2D eigenvalue weighted by molar-refractivity contribution is 9.10. The number of halogens is 1. The second-order valence-electron chi connectivity index (χ2n) is 3.48. The van der Waals surface area contributed by atoms with E-state index in [1.165, 1.54) is 0 Å². The number of nitrogens with one attached hydrogen (secondary N) is 1. The standard InChI is InChI=1S/C10H10BrNO5S/c1-3-4-6(2)12-18(15,16)8-5-7(10(13)14)17-9(8)11/h1,5-6,12H,4H2,2H3,(H,13,14). The molecule has 1 aromatic rings. The van der Waals surface area contributed by atoms with Crippen molar-refractivity contribution in [1.82, 2.24) is 4.72 Å². The van der Waals surface area contributed by atoms with Gasteiger partial charge in [-0.2, -0.15) is 0 Å². The van der Waals surface area contributed by atoms with Gasteiger partial charge >= 0.3 is 5.97 Å². The van der Waals surface area contributed by atoms with Crippen molar-refractivity contribution < 1.29 is 22.7 Å². The van der Waals surface area contributed by atoms with Gasteiger partial charge in [0.25, 0.3) is 0 Å². The summed E-state index contributed by atoms with van der Waals surface area (Å²) < 4.78 is 30.7. The van der Waals surface area contributed by atoms with Crippen LogP contribution < -0.4 is 4.72 Å². The third-order valence-corrected chi connectivity index (χ3v) is 4.38. The SMILES string of the molecule is C#CCC(C)NS(=O)(=O)c1cc(C(=O)O)oc1Br. The van der Waals surface area contributed by atoms with Crippen molar-refractivity contribution in [1.29, 1.82) is 0 Å². The highest BCUT2D eigenvalue weighted by Crippen LogP contribution is 2.26. The van der Waals surface area contributed by atoms with Gasteiger partial charge < -0.3 is 9.52 Å². The van der Waals surface area contributed by atoms with Crippen molar-refractivity contribution in [3.8, 4) is 12.3 Å². The predicted molar refractivity (Wildman–Crippen MR) is 66.6 cm³/mol. The van der Waals surface area contributed by atoms with Crippen LogP contribution in [-0.4, -0.2) is 25.5 Å². The number of carboxylic acids is 1. The lowest BCUT2D eigenvalue weighted by Crippen LogP contribution is -2.32. The lowest BCUT2D eigenvalue weighted by atomic mass is 10.3. The van der Waals surface area contributed by atoms with E-state index in [9.17, 15) is 13.2 Å². The molecule has 1 rings (SSSR count). The van der Waals surface area contributed by atoms with E-state index in [0.717, 1.165) is 6.07 Å². The zero-order chi connectivity index (χ0) is 13.9. The van der Waals surface area contributed by atoms with E-state index in [2.05, 4.69) is 26.6 Å². The fourth-order valence-corrected chi connectivity index (χ4v) is 3.37. The molecule has 0 spiro atoms. The first-order valence-electron chi connectivity index (χ1n) is 4.76. The molecule has 0 aliphatic heterocycles. The van der Waals surface area contributed by atoms with Gasteiger partial charge in [-0.3, -0.25) is 0 Å². The molecule has 0 saturated carbocycles. The number of carbonyl (C=O) groups is 1. The molecular formula is C10H10BrNO5S. The quantitative estimate of drug-likeness (QED) is 0.793. The van der Waals surface area contributed by atoms with Crippen LogP contribution in [0.15, 0.2) is 20.0 Å². The molecule has 1 aromatic heterocycles. The normalized spacial score (nSPS) is 12.9. The number of rotatable bonds is 5. The Kier molecular flexibility index (Phi) is 4.56. The van der Waals surface area contributed by atoms with Crippen LogP contribution in [0.2, 0.25) is 0 Å². The third kappa shape index (κ3) is 3.35. The predicted octanol–water partition coefficient (Wildman–Crippen LogP) is 1.43. The van der Waals surface area contributed by atoms with Crippen LogP contribution in [0.4, 0.5) is 0 Å². The zero-order valence-corrected chi connectivity index (χ0v) is 11.7. The van der Waals surface area contributed by atoms with Gasteiger partial charge in [0.15, 0.2) is 4.67 Å². The number of carboxylic acid groups (broad SMARTS) is 1. The van der Waals surface area contributed by atoms with Crippen LogP contribution in [0.5, 0.6) is 0 Å². The fourth-order valence-electron chi connectivity index (χ4n) is 1.19. The van der Waals surface area contributed by atoms with Crippen molar-refractivity contribution in [2.45, 2.75) is 24.3 Å². The number of aromatic carboxylic acids is 1.